The highest BCUT2D eigenvalue weighted by molar-refractivity contribution is 5.77. The van der Waals surface area contributed by atoms with E-state index >= 15 is 0 Å². The number of nitrogens with one attached hydrogen (secondary N) is 1. The van der Waals surface area contributed by atoms with Crippen LogP contribution in [-0.2, 0) is 4.79 Å². The van der Waals surface area contributed by atoms with Gasteiger partial charge in [-0.05, 0) is 5.92 Å². The summed E-state index contributed by atoms with van der Waals surface area (Å²) in [5, 5.41) is 13.3. The van der Waals surface area contributed by atoms with Crippen molar-refractivity contribution in [3.05, 3.63) is 10.1 Å². The fourth-order valence-corrected chi connectivity index (χ4v) is 1.66. The minimum absolute atomic E-state index is 0.0724. The summed E-state index contributed by atoms with van der Waals surface area (Å²) in [5.41, 5.74) is 0. The van der Waals surface area contributed by atoms with Gasteiger partial charge in [0.05, 0.1) is 6.04 Å². The second kappa shape index (κ2) is 3.72. The molecule has 0 aromatic carbocycles. The highest BCUT2D eigenvalue weighted by atomic mass is 16.6. The molecule has 1 N–H and O–H groups in total. The third-order valence-electron chi connectivity index (χ3n) is 2.40. The predicted octanol–water partition coefficient (Wildman–Crippen LogP) is 0.566. The van der Waals surface area contributed by atoms with Crippen molar-refractivity contribution in [3.63, 3.8) is 0 Å². The Balaban J connectivity index is 2.71. The summed E-state index contributed by atoms with van der Waals surface area (Å²) in [7, 11) is 0. The monoisotopic (exact) mass is 186 g/mol. The molecule has 0 saturated carbocycles. The number of nitrogens with zero attached hydrogens (tertiary/aromatic N) is 1. The molecule has 1 fully saturated rings. The summed E-state index contributed by atoms with van der Waals surface area (Å²) in [6.45, 7) is 3.76. The Morgan fingerprint density at radius 2 is 2.23 bits per heavy atom. The van der Waals surface area contributed by atoms with Crippen molar-refractivity contribution in [2.24, 2.45) is 5.92 Å². The van der Waals surface area contributed by atoms with E-state index < -0.39 is 6.04 Å². The van der Waals surface area contributed by atoms with Crippen molar-refractivity contribution in [1.29, 1.82) is 0 Å². The lowest BCUT2D eigenvalue weighted by Gasteiger charge is -2.29. The fraction of sp³-hybridized carbons (Fsp3) is 0.875. The van der Waals surface area contributed by atoms with Crippen LogP contribution in [-0.4, -0.2) is 22.9 Å². The number of carbonyl (C=O) groups is 1. The van der Waals surface area contributed by atoms with Crippen molar-refractivity contribution in [3.8, 4) is 0 Å². The van der Waals surface area contributed by atoms with Crippen LogP contribution < -0.4 is 5.32 Å². The molecule has 2 atom stereocenters. The van der Waals surface area contributed by atoms with Gasteiger partial charge in [0, 0.05) is 17.8 Å². The van der Waals surface area contributed by atoms with Crippen molar-refractivity contribution in [2.75, 3.05) is 0 Å². The zero-order valence-corrected chi connectivity index (χ0v) is 7.82. The number of rotatable bonds is 2. The number of carbonyl (C=O) groups excluding carboxylic acids is 1. The van der Waals surface area contributed by atoms with Crippen molar-refractivity contribution >= 4 is 5.91 Å². The van der Waals surface area contributed by atoms with Gasteiger partial charge in [-0.3, -0.25) is 14.9 Å². The average Bonchev–Trinajstić information content (AvgIpc) is 2.03. The summed E-state index contributed by atoms with van der Waals surface area (Å²) in [6, 6.07) is -0.922. The van der Waals surface area contributed by atoms with Crippen molar-refractivity contribution in [1.82, 2.24) is 5.32 Å². The smallest absolute Gasteiger partial charge is 0.233 e. The van der Waals surface area contributed by atoms with Crippen LogP contribution in [0.2, 0.25) is 0 Å². The maximum absolute atomic E-state index is 11.0. The van der Waals surface area contributed by atoms with Crippen LogP contribution in [0, 0.1) is 16.0 Å². The van der Waals surface area contributed by atoms with Crippen molar-refractivity contribution < 1.29 is 9.72 Å². The summed E-state index contributed by atoms with van der Waals surface area (Å²) >= 11 is 0. The van der Waals surface area contributed by atoms with E-state index in [-0.39, 0.29) is 29.2 Å². The van der Waals surface area contributed by atoms with Crippen LogP contribution in [0.1, 0.15) is 26.7 Å². The summed E-state index contributed by atoms with van der Waals surface area (Å²) in [6.07, 6.45) is 0.635. The third kappa shape index (κ3) is 2.17. The minimum Gasteiger partial charge on any atom is -0.346 e. The minimum atomic E-state index is -0.613. The first-order chi connectivity index (χ1) is 6.02. The first-order valence-electron chi connectivity index (χ1n) is 4.45. The summed E-state index contributed by atoms with van der Waals surface area (Å²) in [5.74, 6) is 0.0384. The van der Waals surface area contributed by atoms with Gasteiger partial charge in [-0.25, -0.2) is 0 Å². The molecule has 0 bridgehead atoms. The van der Waals surface area contributed by atoms with Crippen LogP contribution in [0.5, 0.6) is 0 Å². The highest BCUT2D eigenvalue weighted by Gasteiger charge is 2.38. The van der Waals surface area contributed by atoms with Gasteiger partial charge in [-0.1, -0.05) is 13.8 Å². The zero-order chi connectivity index (χ0) is 10.0. The Hall–Kier alpha value is -1.13. The molecule has 0 unspecified atom stereocenters. The lowest BCUT2D eigenvalue weighted by molar-refractivity contribution is -0.530. The zero-order valence-electron chi connectivity index (χ0n) is 7.82. The summed E-state index contributed by atoms with van der Waals surface area (Å²) < 4.78 is 0. The normalized spacial score (nSPS) is 28.7. The Kier molecular flexibility index (Phi) is 2.85. The van der Waals surface area contributed by atoms with Gasteiger partial charge in [-0.15, -0.1) is 0 Å². The highest BCUT2D eigenvalue weighted by Crippen LogP contribution is 2.18. The lowest BCUT2D eigenvalue weighted by Crippen LogP contribution is -2.53. The van der Waals surface area contributed by atoms with Gasteiger partial charge in [-0.2, -0.15) is 0 Å². The van der Waals surface area contributed by atoms with E-state index in [0.29, 0.717) is 6.42 Å². The maximum atomic E-state index is 11.0. The topological polar surface area (TPSA) is 72.2 Å². The first-order valence-corrected chi connectivity index (χ1v) is 4.45. The van der Waals surface area contributed by atoms with Gasteiger partial charge in [0.1, 0.15) is 0 Å². The molecule has 1 aliphatic heterocycles. The Morgan fingerprint density at radius 1 is 1.62 bits per heavy atom. The van der Waals surface area contributed by atoms with Gasteiger partial charge in [0.15, 0.2) is 0 Å². The number of hydrogen-bond acceptors (Lipinski definition) is 3. The number of nitro groups is 1. The molecule has 1 heterocycles. The largest absolute Gasteiger partial charge is 0.346 e. The molecule has 5 heteroatoms. The molecule has 74 valence electrons. The van der Waals surface area contributed by atoms with Gasteiger partial charge in [0.25, 0.3) is 0 Å². The van der Waals surface area contributed by atoms with Gasteiger partial charge >= 0.3 is 0 Å². The molecular formula is C8H14N2O3. The fourth-order valence-electron chi connectivity index (χ4n) is 1.66. The summed E-state index contributed by atoms with van der Waals surface area (Å²) in [4.78, 5) is 21.4. The molecule has 0 spiro atoms. The second-order valence-corrected chi connectivity index (χ2v) is 3.73. The molecule has 13 heavy (non-hydrogen) atoms. The first kappa shape index (κ1) is 9.95. The molecular weight excluding hydrogens is 172 g/mol. The molecule has 0 aliphatic carbocycles. The van der Waals surface area contributed by atoms with Gasteiger partial charge in [0.2, 0.25) is 11.9 Å². The standard InChI is InChI=1S/C8H14N2O3/c1-5(2)8-6(10(12)13)3-4-7(11)9-8/h5-6,8H,3-4H2,1-2H3,(H,9,11)/t6-,8-/m1/s1. The molecule has 0 aromatic heterocycles. The van der Waals surface area contributed by atoms with E-state index in [1.807, 2.05) is 13.8 Å². The predicted molar refractivity (Wildman–Crippen MR) is 46.8 cm³/mol. The Labute approximate surface area is 76.7 Å². The van der Waals surface area contributed by atoms with E-state index in [1.54, 1.807) is 0 Å². The van der Waals surface area contributed by atoms with Crippen LogP contribution in [0.15, 0.2) is 0 Å². The average molecular weight is 186 g/mol. The molecule has 5 nitrogen and oxygen atoms in total. The molecule has 1 saturated heterocycles. The SMILES string of the molecule is CC(C)[C@H]1NC(=O)CC[C@H]1[N+](=O)[O-]. The van der Waals surface area contributed by atoms with E-state index in [1.165, 1.54) is 0 Å². The molecule has 0 radical (unpaired) electrons. The van der Waals surface area contributed by atoms with E-state index in [4.69, 9.17) is 0 Å². The number of hydrogen-bond donors (Lipinski definition) is 1. The molecule has 1 aliphatic rings. The van der Waals surface area contributed by atoms with E-state index in [9.17, 15) is 14.9 Å². The van der Waals surface area contributed by atoms with Crippen LogP contribution in [0.25, 0.3) is 0 Å². The Morgan fingerprint density at radius 3 is 2.69 bits per heavy atom. The van der Waals surface area contributed by atoms with Crippen LogP contribution in [0.3, 0.4) is 0 Å². The van der Waals surface area contributed by atoms with E-state index in [0.717, 1.165) is 0 Å². The molecule has 0 aromatic rings. The van der Waals surface area contributed by atoms with Crippen LogP contribution >= 0.6 is 0 Å². The second-order valence-electron chi connectivity index (χ2n) is 3.73. The Bertz CT molecular complexity index is 227. The molecule has 1 rings (SSSR count). The number of piperidine rings is 1. The quantitative estimate of drug-likeness (QED) is 0.506. The van der Waals surface area contributed by atoms with Crippen molar-refractivity contribution in [2.45, 2.75) is 38.8 Å². The van der Waals surface area contributed by atoms with Crippen LogP contribution in [0.4, 0.5) is 0 Å². The van der Waals surface area contributed by atoms with E-state index in [2.05, 4.69) is 5.32 Å². The van der Waals surface area contributed by atoms with Gasteiger partial charge < -0.3 is 5.32 Å². The maximum Gasteiger partial charge on any atom is 0.233 e. The number of amides is 1. The lowest BCUT2D eigenvalue weighted by atomic mass is 9.90. The third-order valence-corrected chi connectivity index (χ3v) is 2.40. The molecule has 1 amide bonds.